The number of nitrogens with zero attached hydrogens (tertiary/aromatic N) is 4. The third-order valence-electron chi connectivity index (χ3n) is 8.13. The molecule has 166 valence electrons. The number of hydrogen-bond acceptors (Lipinski definition) is 6. The van der Waals surface area contributed by atoms with Crippen molar-refractivity contribution in [2.24, 2.45) is 29.1 Å². The van der Waals surface area contributed by atoms with Crippen LogP contribution in [-0.2, 0) is 14.4 Å². The predicted octanol–water partition coefficient (Wildman–Crippen LogP) is 1.83. The molecule has 0 radical (unpaired) electrons. The number of anilines is 1. The Morgan fingerprint density at radius 1 is 1.03 bits per heavy atom. The van der Waals surface area contributed by atoms with Gasteiger partial charge in [0, 0.05) is 51.3 Å². The van der Waals surface area contributed by atoms with Gasteiger partial charge >= 0.3 is 0 Å². The lowest BCUT2D eigenvalue weighted by atomic mass is 9.48. The molecule has 2 saturated heterocycles. The van der Waals surface area contributed by atoms with Gasteiger partial charge in [0.2, 0.25) is 11.8 Å². The SMILES string of the molecule is CC1C[C@]2(C)CC(=O)[C@H]1C1C(=O)N(CCCN3CCN(c4ccccn4)CC3)C(=O)C12. The van der Waals surface area contributed by atoms with Gasteiger partial charge in [-0.1, -0.05) is 19.9 Å². The van der Waals surface area contributed by atoms with E-state index in [9.17, 15) is 14.4 Å². The third-order valence-corrected chi connectivity index (χ3v) is 8.13. The highest BCUT2D eigenvalue weighted by molar-refractivity contribution is 6.09. The highest BCUT2D eigenvalue weighted by Crippen LogP contribution is 2.60. The summed E-state index contributed by atoms with van der Waals surface area (Å²) in [7, 11) is 0. The van der Waals surface area contributed by atoms with E-state index < -0.39 is 5.92 Å². The van der Waals surface area contributed by atoms with Crippen LogP contribution in [-0.4, -0.2) is 71.6 Å². The standard InChI is InChI=1S/C24H32N4O3/c1-16-14-24(2)15-17(29)19(16)20-21(24)23(31)28(22(20)30)9-5-8-26-10-12-27(13-11-26)18-6-3-4-7-25-18/h3-4,6-7,16,19-21H,5,8-15H2,1-2H3/t16?,19-,20?,21?,24+/m0/s1. The molecule has 2 amide bonds. The molecule has 0 spiro atoms. The van der Waals surface area contributed by atoms with Crippen molar-refractivity contribution in [1.29, 1.82) is 0 Å². The molecule has 3 heterocycles. The van der Waals surface area contributed by atoms with Gasteiger partial charge in [0.25, 0.3) is 0 Å². The molecule has 5 aliphatic rings. The molecule has 2 bridgehead atoms. The van der Waals surface area contributed by atoms with Gasteiger partial charge in [0.1, 0.15) is 11.6 Å². The summed E-state index contributed by atoms with van der Waals surface area (Å²) in [5.74, 6) is 0.326. The van der Waals surface area contributed by atoms with Gasteiger partial charge in [-0.3, -0.25) is 24.2 Å². The number of fused-ring (bicyclic) bond motifs is 2. The van der Waals surface area contributed by atoms with E-state index in [1.165, 1.54) is 4.90 Å². The Balaban J connectivity index is 1.17. The van der Waals surface area contributed by atoms with Gasteiger partial charge in [-0.05, 0) is 42.9 Å². The minimum Gasteiger partial charge on any atom is -0.354 e. The summed E-state index contributed by atoms with van der Waals surface area (Å²) in [5.41, 5.74) is -0.348. The summed E-state index contributed by atoms with van der Waals surface area (Å²) >= 11 is 0. The number of amides is 2. The van der Waals surface area contributed by atoms with E-state index >= 15 is 0 Å². The molecule has 1 aromatic heterocycles. The monoisotopic (exact) mass is 424 g/mol. The van der Waals surface area contributed by atoms with E-state index in [4.69, 9.17) is 0 Å². The average Bonchev–Trinajstić information content (AvgIpc) is 3.00. The first kappa shape index (κ1) is 20.6. The molecule has 0 aromatic carbocycles. The number of piperazine rings is 1. The fourth-order valence-electron chi connectivity index (χ4n) is 6.82. The Hall–Kier alpha value is -2.28. The number of imide groups is 1. The Labute approximate surface area is 183 Å². The van der Waals surface area contributed by atoms with Crippen molar-refractivity contribution in [3.8, 4) is 0 Å². The maximum atomic E-state index is 13.2. The van der Waals surface area contributed by atoms with Gasteiger partial charge in [-0.25, -0.2) is 4.98 Å². The summed E-state index contributed by atoms with van der Waals surface area (Å²) in [6.07, 6.45) is 3.93. The van der Waals surface area contributed by atoms with Crippen molar-refractivity contribution in [2.45, 2.75) is 33.1 Å². The Bertz CT molecular complexity index is 882. The summed E-state index contributed by atoms with van der Waals surface area (Å²) in [4.78, 5) is 49.6. The highest BCUT2D eigenvalue weighted by atomic mass is 16.2. The summed E-state index contributed by atoms with van der Waals surface area (Å²) in [6.45, 7) is 9.23. The minimum absolute atomic E-state index is 0.0260. The lowest BCUT2D eigenvalue weighted by Crippen LogP contribution is -2.56. The normalized spacial score (nSPS) is 35.7. The fourth-order valence-corrected chi connectivity index (χ4v) is 6.82. The molecule has 3 aliphatic carbocycles. The van der Waals surface area contributed by atoms with Crippen LogP contribution in [0.15, 0.2) is 24.4 Å². The maximum Gasteiger partial charge on any atom is 0.233 e. The number of carbonyl (C=O) groups is 3. The number of rotatable bonds is 5. The van der Waals surface area contributed by atoms with Crippen LogP contribution in [0, 0.1) is 29.1 Å². The number of pyridine rings is 1. The molecule has 5 atom stereocenters. The maximum absolute atomic E-state index is 13.2. The quantitative estimate of drug-likeness (QED) is 0.672. The van der Waals surface area contributed by atoms with Crippen LogP contribution < -0.4 is 4.90 Å². The topological polar surface area (TPSA) is 73.8 Å². The number of hydrogen-bond donors (Lipinski definition) is 0. The number of ketones is 1. The number of likely N-dealkylation sites (tertiary alicyclic amines) is 1. The van der Waals surface area contributed by atoms with Crippen molar-refractivity contribution in [3.05, 3.63) is 24.4 Å². The summed E-state index contributed by atoms with van der Waals surface area (Å²) in [6, 6.07) is 5.98. The largest absolute Gasteiger partial charge is 0.354 e. The summed E-state index contributed by atoms with van der Waals surface area (Å²) < 4.78 is 0. The molecule has 2 aliphatic heterocycles. The average molecular weight is 425 g/mol. The second-order valence-corrected chi connectivity index (χ2v) is 10.2. The lowest BCUT2D eigenvalue weighted by Gasteiger charge is -2.52. The number of Topliss-reactive ketones (excluding diaryl/α,β-unsaturated/α-hetero) is 1. The smallest absolute Gasteiger partial charge is 0.233 e. The van der Waals surface area contributed by atoms with Crippen LogP contribution in [0.3, 0.4) is 0 Å². The van der Waals surface area contributed by atoms with Crippen LogP contribution in [0.4, 0.5) is 5.82 Å². The van der Waals surface area contributed by atoms with Crippen molar-refractivity contribution in [3.63, 3.8) is 0 Å². The molecule has 3 saturated carbocycles. The molecule has 7 heteroatoms. The molecule has 5 fully saturated rings. The van der Waals surface area contributed by atoms with Crippen molar-refractivity contribution in [2.75, 3.05) is 44.2 Å². The van der Waals surface area contributed by atoms with E-state index in [0.29, 0.717) is 13.0 Å². The Kier molecular flexibility index (Phi) is 5.12. The van der Waals surface area contributed by atoms with Gasteiger partial charge in [0.15, 0.2) is 0 Å². The molecule has 0 N–H and O–H groups in total. The van der Waals surface area contributed by atoms with Crippen LogP contribution >= 0.6 is 0 Å². The van der Waals surface area contributed by atoms with Crippen molar-refractivity contribution < 1.29 is 14.4 Å². The van der Waals surface area contributed by atoms with E-state index in [0.717, 1.165) is 51.4 Å². The van der Waals surface area contributed by atoms with Crippen LogP contribution in [0.5, 0.6) is 0 Å². The van der Waals surface area contributed by atoms with E-state index in [-0.39, 0.29) is 40.8 Å². The Morgan fingerprint density at radius 2 is 1.81 bits per heavy atom. The molecule has 6 rings (SSSR count). The van der Waals surface area contributed by atoms with E-state index in [1.807, 2.05) is 31.3 Å². The molecular weight excluding hydrogens is 392 g/mol. The van der Waals surface area contributed by atoms with Gasteiger partial charge in [-0.2, -0.15) is 0 Å². The van der Waals surface area contributed by atoms with Crippen LogP contribution in [0.25, 0.3) is 0 Å². The van der Waals surface area contributed by atoms with Crippen molar-refractivity contribution >= 4 is 23.4 Å². The minimum atomic E-state index is -0.413. The van der Waals surface area contributed by atoms with Gasteiger partial charge in [-0.15, -0.1) is 0 Å². The predicted molar refractivity (Wildman–Crippen MR) is 116 cm³/mol. The molecule has 7 nitrogen and oxygen atoms in total. The van der Waals surface area contributed by atoms with Crippen LogP contribution in [0.2, 0.25) is 0 Å². The first-order valence-corrected chi connectivity index (χ1v) is 11.7. The first-order chi connectivity index (χ1) is 14.9. The fraction of sp³-hybridized carbons (Fsp3) is 0.667. The van der Waals surface area contributed by atoms with Crippen LogP contribution in [0.1, 0.15) is 33.1 Å². The second kappa shape index (κ2) is 7.69. The zero-order chi connectivity index (χ0) is 21.8. The van der Waals surface area contributed by atoms with Crippen molar-refractivity contribution in [1.82, 2.24) is 14.8 Å². The van der Waals surface area contributed by atoms with E-state index in [1.54, 1.807) is 0 Å². The Morgan fingerprint density at radius 3 is 2.48 bits per heavy atom. The first-order valence-electron chi connectivity index (χ1n) is 11.7. The second-order valence-electron chi connectivity index (χ2n) is 10.2. The molecule has 31 heavy (non-hydrogen) atoms. The molecule has 1 aromatic rings. The van der Waals surface area contributed by atoms with Gasteiger partial charge in [0.05, 0.1) is 11.8 Å². The zero-order valence-corrected chi connectivity index (χ0v) is 18.5. The molecule has 3 unspecified atom stereocenters. The van der Waals surface area contributed by atoms with E-state index in [2.05, 4.69) is 21.7 Å². The zero-order valence-electron chi connectivity index (χ0n) is 18.5. The summed E-state index contributed by atoms with van der Waals surface area (Å²) in [5, 5.41) is 0. The molecular formula is C24H32N4O3. The number of aromatic nitrogens is 1. The van der Waals surface area contributed by atoms with Gasteiger partial charge < -0.3 is 4.90 Å². The highest BCUT2D eigenvalue weighted by Gasteiger charge is 2.66. The third kappa shape index (κ3) is 3.37. The number of carbonyl (C=O) groups excluding carboxylic acids is 3. The lowest BCUT2D eigenvalue weighted by molar-refractivity contribution is -0.157.